The van der Waals surface area contributed by atoms with Gasteiger partial charge in [-0.3, -0.25) is 0 Å². The van der Waals surface area contributed by atoms with Crippen molar-refractivity contribution in [2.75, 3.05) is 0 Å². The molecule has 0 saturated carbocycles. The number of hydrogen-bond acceptors (Lipinski definition) is 2. The summed E-state index contributed by atoms with van der Waals surface area (Å²) in [6.45, 7) is 4.06. The van der Waals surface area contributed by atoms with Crippen LogP contribution in [0.2, 0.25) is 0 Å². The van der Waals surface area contributed by atoms with E-state index in [9.17, 15) is 8.78 Å². The first kappa shape index (κ1) is 30.2. The fourth-order valence-electron chi connectivity index (χ4n) is 3.02. The molecule has 0 aliphatic carbocycles. The number of benzene rings is 4. The molecule has 0 bridgehead atoms. The number of hydrogen-bond donors (Lipinski definition) is 2. The summed E-state index contributed by atoms with van der Waals surface area (Å²) in [5.41, 5.74) is 0. The molecule has 0 aliphatic heterocycles. The van der Waals surface area contributed by atoms with E-state index in [4.69, 9.17) is 10.2 Å². The smallest absolute Gasteiger partial charge is 0.123 e. The molecule has 0 aliphatic rings. The first-order valence-corrected chi connectivity index (χ1v) is 12.5. The van der Waals surface area contributed by atoms with Crippen molar-refractivity contribution >= 4 is 25.9 Å². The van der Waals surface area contributed by atoms with Crippen molar-refractivity contribution in [1.82, 2.24) is 0 Å². The van der Waals surface area contributed by atoms with Crippen LogP contribution in [0.3, 0.4) is 0 Å². The largest absolute Gasteiger partial charge is 0.508 e. The molecule has 2 nitrogen and oxygen atoms in total. The fraction of sp³-hybridized carbons (Fsp3) is 0.0606. The molecule has 0 fully saturated rings. The van der Waals surface area contributed by atoms with Crippen LogP contribution in [-0.4, -0.2) is 14.6 Å². The number of phenols is 2. The number of halogens is 2. The van der Waals surface area contributed by atoms with Gasteiger partial charge in [0.2, 0.25) is 0 Å². The van der Waals surface area contributed by atoms with E-state index in [-0.39, 0.29) is 23.1 Å². The van der Waals surface area contributed by atoms with Gasteiger partial charge < -0.3 is 10.2 Å². The summed E-state index contributed by atoms with van der Waals surface area (Å²) in [5, 5.41) is 22.5. The summed E-state index contributed by atoms with van der Waals surface area (Å²) in [6.07, 6.45) is 0. The monoisotopic (exact) mass is 548 g/mol. The molecule has 0 aromatic heterocycles. The number of rotatable bonds is 0. The number of phenolic OH excluding ortho intramolecular Hbond substituents is 2. The molecule has 0 atom stereocenters. The van der Waals surface area contributed by atoms with Crippen LogP contribution >= 0.6 is 0 Å². The van der Waals surface area contributed by atoms with Crippen LogP contribution in [0.1, 0.15) is 13.8 Å². The SMILES string of the molecule is C[C](C)=[Cr].Oc1ccc(F)cc1.Oc1ccc(F)cc1.c1ccc2[cH-]ccc2c1.c1ccc2[cH-]ccc2c1. The van der Waals surface area contributed by atoms with E-state index in [1.165, 1.54) is 74.5 Å². The maximum absolute atomic E-state index is 12.0. The minimum atomic E-state index is -0.331. The summed E-state index contributed by atoms with van der Waals surface area (Å²) in [4.78, 5) is 0. The van der Waals surface area contributed by atoms with E-state index in [1.807, 2.05) is 13.8 Å². The van der Waals surface area contributed by atoms with Crippen molar-refractivity contribution in [1.29, 1.82) is 0 Å². The zero-order chi connectivity index (χ0) is 27.8. The molecule has 6 aromatic carbocycles. The van der Waals surface area contributed by atoms with Gasteiger partial charge in [0.05, 0.1) is 0 Å². The van der Waals surface area contributed by atoms with Crippen molar-refractivity contribution in [3.8, 4) is 11.5 Å². The molecule has 0 radical (unpaired) electrons. The van der Waals surface area contributed by atoms with Crippen molar-refractivity contribution in [2.45, 2.75) is 13.8 Å². The molecule has 0 amide bonds. The summed E-state index contributed by atoms with van der Waals surface area (Å²) in [7, 11) is 0. The van der Waals surface area contributed by atoms with Gasteiger partial charge in [-0.15, -0.1) is 59.3 Å². The molecular formula is C33H30CrF2O2-2. The summed E-state index contributed by atoms with van der Waals surface area (Å²) >= 11 is 2.82. The average Bonchev–Trinajstić information content (AvgIpc) is 3.58. The minimum absolute atomic E-state index is 0.0893. The van der Waals surface area contributed by atoms with Crippen LogP contribution in [-0.2, 0) is 15.9 Å². The van der Waals surface area contributed by atoms with E-state index >= 15 is 0 Å². The van der Waals surface area contributed by atoms with Gasteiger partial charge in [0.25, 0.3) is 0 Å². The van der Waals surface area contributed by atoms with Gasteiger partial charge in [-0.1, -0.05) is 12.1 Å². The predicted octanol–water partition coefficient (Wildman–Crippen LogP) is 8.93. The Morgan fingerprint density at radius 2 is 0.868 bits per heavy atom. The molecule has 0 unspecified atom stereocenters. The first-order chi connectivity index (χ1) is 18.2. The van der Waals surface area contributed by atoms with E-state index in [1.54, 1.807) is 0 Å². The quantitative estimate of drug-likeness (QED) is 0.186. The van der Waals surface area contributed by atoms with Gasteiger partial charge in [-0.25, -0.2) is 8.78 Å². The molecule has 5 heteroatoms. The first-order valence-electron chi connectivity index (χ1n) is 11.8. The Labute approximate surface area is 230 Å². The normalized spacial score (nSPS) is 9.37. The maximum atomic E-state index is 12.0. The third-order valence-electron chi connectivity index (χ3n) is 4.75. The molecule has 0 spiro atoms. The molecule has 6 rings (SSSR count). The van der Waals surface area contributed by atoms with E-state index in [2.05, 4.69) is 101 Å². The van der Waals surface area contributed by atoms with Crippen LogP contribution < -0.4 is 0 Å². The Bertz CT molecular complexity index is 1270. The standard InChI is InChI=1S/2C9H7.2C6H5FO.C3H6.Cr/c2*1-2-5-9-7-3-6-8(9)4-1;2*7-5-1-3-6(8)4-2-5;1-3-2;/h2*1-7H;2*1-4,8H;1-2H3;/q2*-1;;;;. The number of aromatic hydroxyl groups is 2. The average molecular weight is 549 g/mol. The van der Waals surface area contributed by atoms with Crippen molar-refractivity contribution in [2.24, 2.45) is 0 Å². The fourth-order valence-corrected chi connectivity index (χ4v) is 3.02. The third kappa shape index (κ3) is 12.3. The second kappa shape index (κ2) is 16.7. The summed E-state index contributed by atoms with van der Waals surface area (Å²) in [5.74, 6) is -0.483. The van der Waals surface area contributed by atoms with Crippen LogP contribution in [0.15, 0.2) is 133 Å². The Morgan fingerprint density at radius 1 is 0.553 bits per heavy atom. The van der Waals surface area contributed by atoms with Crippen molar-refractivity contribution in [3.63, 3.8) is 0 Å². The van der Waals surface area contributed by atoms with Crippen molar-refractivity contribution < 1.29 is 34.8 Å². The van der Waals surface area contributed by atoms with Gasteiger partial charge >= 0.3 is 34.1 Å². The van der Waals surface area contributed by atoms with Crippen LogP contribution in [0.4, 0.5) is 8.78 Å². The van der Waals surface area contributed by atoms with E-state index < -0.39 is 0 Å². The van der Waals surface area contributed by atoms with Crippen LogP contribution in [0.25, 0.3) is 21.5 Å². The van der Waals surface area contributed by atoms with Crippen LogP contribution in [0.5, 0.6) is 11.5 Å². The Morgan fingerprint density at radius 3 is 1.16 bits per heavy atom. The topological polar surface area (TPSA) is 40.5 Å². The molecule has 0 heterocycles. The Kier molecular flexibility index (Phi) is 13.2. The van der Waals surface area contributed by atoms with E-state index in [0.717, 1.165) is 0 Å². The molecule has 0 saturated heterocycles. The molecular weight excluding hydrogens is 518 g/mol. The zero-order valence-corrected chi connectivity index (χ0v) is 22.5. The second-order valence-electron chi connectivity index (χ2n) is 8.17. The van der Waals surface area contributed by atoms with Gasteiger partial charge in [0.1, 0.15) is 23.1 Å². The van der Waals surface area contributed by atoms with Crippen LogP contribution in [0, 0.1) is 11.6 Å². The molecule has 2 N–H and O–H groups in total. The maximum Gasteiger partial charge on any atom is 0.123 e. The van der Waals surface area contributed by atoms with Gasteiger partial charge in [0.15, 0.2) is 0 Å². The van der Waals surface area contributed by atoms with Gasteiger partial charge in [-0.2, -0.15) is 35.0 Å². The van der Waals surface area contributed by atoms with E-state index in [0.29, 0.717) is 0 Å². The van der Waals surface area contributed by atoms with Gasteiger partial charge in [0, 0.05) is 0 Å². The minimum Gasteiger partial charge on any atom is -0.508 e. The van der Waals surface area contributed by atoms with Gasteiger partial charge in [-0.05, 0) is 48.5 Å². The summed E-state index contributed by atoms with van der Waals surface area (Å²) in [6, 6.07) is 39.4. The summed E-state index contributed by atoms with van der Waals surface area (Å²) < 4.78 is 25.2. The van der Waals surface area contributed by atoms with Crippen molar-refractivity contribution in [3.05, 3.63) is 145 Å². The zero-order valence-electron chi connectivity index (χ0n) is 21.3. The third-order valence-corrected chi connectivity index (χ3v) is 4.75. The number of fused-ring (bicyclic) bond motifs is 2. The molecule has 196 valence electrons. The molecule has 6 aromatic rings. The Balaban J connectivity index is 0.000000170. The molecule has 38 heavy (non-hydrogen) atoms. The Hall–Kier alpha value is -4.04. The second-order valence-corrected chi connectivity index (χ2v) is 9.45. The predicted molar refractivity (Wildman–Crippen MR) is 152 cm³/mol.